The van der Waals surface area contributed by atoms with E-state index in [2.05, 4.69) is 5.10 Å². The van der Waals surface area contributed by atoms with Crippen LogP contribution in [0.2, 0.25) is 0 Å². The molecule has 2 atom stereocenters. The zero-order valence-corrected chi connectivity index (χ0v) is 9.67. The van der Waals surface area contributed by atoms with Crippen LogP contribution < -0.4 is 11.5 Å². The van der Waals surface area contributed by atoms with Gasteiger partial charge in [0.2, 0.25) is 0 Å². The van der Waals surface area contributed by atoms with Gasteiger partial charge in [-0.3, -0.25) is 9.48 Å². The number of aliphatic hydroxyl groups is 1. The molecule has 0 radical (unpaired) electrons. The summed E-state index contributed by atoms with van der Waals surface area (Å²) >= 11 is 0. The third kappa shape index (κ3) is 2.41. The van der Waals surface area contributed by atoms with Crippen LogP contribution in [-0.4, -0.2) is 26.9 Å². The van der Waals surface area contributed by atoms with Crippen LogP contribution in [0.4, 0.5) is 5.82 Å². The number of nitrogen functional groups attached to an aromatic ring is 1. The topological polar surface area (TPSA) is 107 Å². The fourth-order valence-corrected chi connectivity index (χ4v) is 2.34. The van der Waals surface area contributed by atoms with Crippen molar-refractivity contribution in [2.45, 2.75) is 44.2 Å². The number of nitrogens with two attached hydrogens (primary N) is 2. The highest BCUT2D eigenvalue weighted by atomic mass is 16.3. The van der Waals surface area contributed by atoms with Crippen LogP contribution in [-0.2, 0) is 0 Å². The zero-order chi connectivity index (χ0) is 12.4. The summed E-state index contributed by atoms with van der Waals surface area (Å²) < 4.78 is 1.59. The lowest BCUT2D eigenvalue weighted by molar-refractivity contribution is 0.0975. The molecule has 1 aliphatic carbocycles. The molecule has 1 saturated carbocycles. The summed E-state index contributed by atoms with van der Waals surface area (Å²) in [5, 5.41) is 14.1. The molecule has 0 bridgehead atoms. The lowest BCUT2D eigenvalue weighted by atomic mass is 10.1. The van der Waals surface area contributed by atoms with Crippen LogP contribution in [0.1, 0.15) is 48.5 Å². The Morgan fingerprint density at radius 1 is 1.41 bits per heavy atom. The molecule has 1 aromatic heterocycles. The largest absolute Gasteiger partial charge is 0.391 e. The number of aliphatic hydroxyl groups excluding tert-OH is 1. The number of hydrogen-bond donors (Lipinski definition) is 3. The number of primary amides is 1. The number of rotatable bonds is 2. The quantitative estimate of drug-likeness (QED) is 0.649. The highest BCUT2D eigenvalue weighted by molar-refractivity contribution is 5.96. The van der Waals surface area contributed by atoms with Crippen molar-refractivity contribution >= 4 is 11.7 Å². The highest BCUT2D eigenvalue weighted by Crippen LogP contribution is 2.28. The summed E-state index contributed by atoms with van der Waals surface area (Å²) in [4.78, 5) is 11.1. The second-order valence-corrected chi connectivity index (χ2v) is 4.54. The minimum absolute atomic E-state index is 0.104. The Hall–Kier alpha value is -1.56. The maximum absolute atomic E-state index is 11.1. The van der Waals surface area contributed by atoms with Gasteiger partial charge in [-0.25, -0.2) is 0 Å². The molecule has 0 spiro atoms. The predicted octanol–water partition coefficient (Wildman–Crippen LogP) is 0.430. The standard InChI is InChI=1S/C11H18N4O2/c12-10-7(11(13)17)6-15(14-10)8-4-2-1-3-5-9(8)16/h6,8-9,16H,1-5H2,(H2,12,14)(H2,13,17). The first-order valence-electron chi connectivity index (χ1n) is 5.92. The van der Waals surface area contributed by atoms with Gasteiger partial charge in [-0.1, -0.05) is 19.3 Å². The van der Waals surface area contributed by atoms with Gasteiger partial charge in [0.15, 0.2) is 5.82 Å². The Balaban J connectivity index is 2.26. The summed E-state index contributed by atoms with van der Waals surface area (Å²) in [6.07, 6.45) is 5.91. The summed E-state index contributed by atoms with van der Waals surface area (Å²) in [5.74, 6) is -0.453. The first-order chi connectivity index (χ1) is 8.09. The van der Waals surface area contributed by atoms with Crippen molar-refractivity contribution in [1.82, 2.24) is 9.78 Å². The number of hydrogen-bond acceptors (Lipinski definition) is 4. The van der Waals surface area contributed by atoms with Crippen molar-refractivity contribution in [2.75, 3.05) is 5.73 Å². The third-order valence-corrected chi connectivity index (χ3v) is 3.31. The minimum atomic E-state index is -0.586. The van der Waals surface area contributed by atoms with E-state index in [9.17, 15) is 9.90 Å². The Labute approximate surface area is 99.6 Å². The molecule has 6 nitrogen and oxygen atoms in total. The molecule has 1 heterocycles. The molecular weight excluding hydrogens is 220 g/mol. The van der Waals surface area contributed by atoms with Gasteiger partial charge < -0.3 is 16.6 Å². The van der Waals surface area contributed by atoms with Crippen LogP contribution in [0.25, 0.3) is 0 Å². The van der Waals surface area contributed by atoms with Gasteiger partial charge in [0.05, 0.1) is 12.1 Å². The molecule has 1 fully saturated rings. The van der Waals surface area contributed by atoms with Gasteiger partial charge in [-0.15, -0.1) is 0 Å². The molecule has 0 aromatic carbocycles. The van der Waals surface area contributed by atoms with E-state index >= 15 is 0 Å². The highest BCUT2D eigenvalue weighted by Gasteiger charge is 2.25. The number of nitrogens with zero attached hydrogens (tertiary/aromatic N) is 2. The monoisotopic (exact) mass is 238 g/mol. The van der Waals surface area contributed by atoms with Crippen LogP contribution in [0.15, 0.2) is 6.20 Å². The Kier molecular flexibility index (Phi) is 3.33. The molecule has 1 amide bonds. The van der Waals surface area contributed by atoms with Crippen molar-refractivity contribution in [2.24, 2.45) is 5.73 Å². The molecule has 1 aromatic rings. The number of carbonyl (C=O) groups is 1. The van der Waals surface area contributed by atoms with E-state index in [1.54, 1.807) is 4.68 Å². The summed E-state index contributed by atoms with van der Waals surface area (Å²) in [6.45, 7) is 0. The average molecular weight is 238 g/mol. The van der Waals surface area contributed by atoms with E-state index in [-0.39, 0.29) is 17.4 Å². The molecule has 17 heavy (non-hydrogen) atoms. The molecule has 94 valence electrons. The number of anilines is 1. The van der Waals surface area contributed by atoms with E-state index in [0.717, 1.165) is 32.1 Å². The van der Waals surface area contributed by atoms with Gasteiger partial charge >= 0.3 is 0 Å². The fourth-order valence-electron chi connectivity index (χ4n) is 2.34. The lowest BCUT2D eigenvalue weighted by Gasteiger charge is -2.20. The van der Waals surface area contributed by atoms with Crippen molar-refractivity contribution in [3.8, 4) is 0 Å². The minimum Gasteiger partial charge on any atom is -0.391 e. The van der Waals surface area contributed by atoms with Gasteiger partial charge in [-0.05, 0) is 12.8 Å². The second-order valence-electron chi connectivity index (χ2n) is 4.54. The molecular formula is C11H18N4O2. The molecule has 5 N–H and O–H groups in total. The van der Waals surface area contributed by atoms with Crippen LogP contribution in [0, 0.1) is 0 Å². The lowest BCUT2D eigenvalue weighted by Crippen LogP contribution is -2.23. The molecule has 0 aliphatic heterocycles. The Morgan fingerprint density at radius 2 is 2.12 bits per heavy atom. The average Bonchev–Trinajstić information content (AvgIpc) is 2.51. The smallest absolute Gasteiger partial charge is 0.254 e. The maximum Gasteiger partial charge on any atom is 0.254 e. The van der Waals surface area contributed by atoms with Crippen molar-refractivity contribution in [3.63, 3.8) is 0 Å². The van der Waals surface area contributed by atoms with E-state index < -0.39 is 12.0 Å². The third-order valence-electron chi connectivity index (χ3n) is 3.31. The van der Waals surface area contributed by atoms with E-state index in [1.165, 1.54) is 6.20 Å². The first-order valence-corrected chi connectivity index (χ1v) is 5.92. The second kappa shape index (κ2) is 4.75. The Bertz CT molecular complexity index is 416. The number of amides is 1. The van der Waals surface area contributed by atoms with Gasteiger partial charge in [0.25, 0.3) is 5.91 Å². The fraction of sp³-hybridized carbons (Fsp3) is 0.636. The van der Waals surface area contributed by atoms with Crippen LogP contribution in [0.5, 0.6) is 0 Å². The van der Waals surface area contributed by atoms with E-state index in [0.29, 0.717) is 0 Å². The first kappa shape index (κ1) is 11.9. The van der Waals surface area contributed by atoms with Crippen molar-refractivity contribution in [3.05, 3.63) is 11.8 Å². The summed E-state index contributed by atoms with van der Waals surface area (Å²) in [7, 11) is 0. The number of aromatic nitrogens is 2. The summed E-state index contributed by atoms with van der Waals surface area (Å²) in [5.41, 5.74) is 11.0. The van der Waals surface area contributed by atoms with Crippen molar-refractivity contribution < 1.29 is 9.90 Å². The van der Waals surface area contributed by atoms with E-state index in [4.69, 9.17) is 11.5 Å². The molecule has 2 rings (SSSR count). The Morgan fingerprint density at radius 3 is 2.76 bits per heavy atom. The molecule has 0 saturated heterocycles. The van der Waals surface area contributed by atoms with Gasteiger partial charge in [-0.2, -0.15) is 5.10 Å². The number of carbonyl (C=O) groups excluding carboxylic acids is 1. The molecule has 2 unspecified atom stereocenters. The normalized spacial score (nSPS) is 25.5. The zero-order valence-electron chi connectivity index (χ0n) is 9.67. The van der Waals surface area contributed by atoms with Crippen LogP contribution in [0.3, 0.4) is 0 Å². The predicted molar refractivity (Wildman–Crippen MR) is 63.3 cm³/mol. The molecule has 6 heteroatoms. The van der Waals surface area contributed by atoms with Gasteiger partial charge in [0.1, 0.15) is 5.56 Å². The maximum atomic E-state index is 11.1. The summed E-state index contributed by atoms with van der Waals surface area (Å²) in [6, 6.07) is -0.104. The van der Waals surface area contributed by atoms with Crippen molar-refractivity contribution in [1.29, 1.82) is 0 Å². The molecule has 1 aliphatic rings. The SMILES string of the molecule is NC(=O)c1cn(C2CCCCCC2O)nc1N. The van der Waals surface area contributed by atoms with E-state index in [1.807, 2.05) is 0 Å². The van der Waals surface area contributed by atoms with Crippen LogP contribution >= 0.6 is 0 Å². The van der Waals surface area contributed by atoms with Gasteiger partial charge in [0, 0.05) is 6.20 Å².